The summed E-state index contributed by atoms with van der Waals surface area (Å²) < 4.78 is 15.8. The molecule has 0 bridgehead atoms. The number of benzene rings is 1. The smallest absolute Gasteiger partial charge is 0.162 e. The molecule has 0 saturated carbocycles. The van der Waals surface area contributed by atoms with Gasteiger partial charge in [0.25, 0.3) is 0 Å². The van der Waals surface area contributed by atoms with E-state index in [2.05, 4.69) is 5.16 Å². The lowest BCUT2D eigenvalue weighted by Gasteiger charge is -2.10. The Balaban J connectivity index is 2.02. The molecule has 0 spiro atoms. The van der Waals surface area contributed by atoms with Crippen molar-refractivity contribution in [1.82, 2.24) is 5.16 Å². The van der Waals surface area contributed by atoms with E-state index < -0.39 is 0 Å². The number of aromatic nitrogens is 1. The third kappa shape index (κ3) is 3.96. The summed E-state index contributed by atoms with van der Waals surface area (Å²) in [5.41, 5.74) is 7.28. The normalized spacial score (nSPS) is 10.8. The molecule has 0 aliphatic rings. The molecule has 108 valence electrons. The Morgan fingerprint density at radius 1 is 1.30 bits per heavy atom. The fraction of sp³-hybridized carbons (Fsp3) is 0.357. The van der Waals surface area contributed by atoms with Crippen LogP contribution in [0.2, 0.25) is 5.02 Å². The summed E-state index contributed by atoms with van der Waals surface area (Å²) in [4.78, 5) is 0. The number of ether oxygens (including phenoxy) is 2. The molecule has 2 N–H and O–H groups in total. The first-order chi connectivity index (χ1) is 9.72. The van der Waals surface area contributed by atoms with Crippen LogP contribution in [0.4, 0.5) is 0 Å². The molecule has 0 aliphatic heterocycles. The first-order valence-corrected chi connectivity index (χ1v) is 6.65. The maximum Gasteiger partial charge on any atom is 0.162 e. The van der Waals surface area contributed by atoms with Crippen LogP contribution in [0.15, 0.2) is 28.8 Å². The van der Waals surface area contributed by atoms with Gasteiger partial charge in [0.15, 0.2) is 5.76 Å². The second-order valence-electron chi connectivity index (χ2n) is 4.30. The van der Waals surface area contributed by atoms with Gasteiger partial charge in [0, 0.05) is 18.2 Å². The Labute approximate surface area is 122 Å². The highest BCUT2D eigenvalue weighted by molar-refractivity contribution is 6.30. The van der Waals surface area contributed by atoms with Crippen LogP contribution in [0.3, 0.4) is 0 Å². The molecule has 1 aromatic carbocycles. The number of hydrogen-bond donors (Lipinski definition) is 1. The van der Waals surface area contributed by atoms with Gasteiger partial charge >= 0.3 is 0 Å². The second kappa shape index (κ2) is 7.28. The summed E-state index contributed by atoms with van der Waals surface area (Å²) in [6.07, 6.45) is 0.712. The molecule has 20 heavy (non-hydrogen) atoms. The summed E-state index contributed by atoms with van der Waals surface area (Å²) in [7, 11) is 1.60. The fourth-order valence-corrected chi connectivity index (χ4v) is 2.02. The Morgan fingerprint density at radius 3 is 2.90 bits per heavy atom. The quantitative estimate of drug-likeness (QED) is 0.850. The molecule has 0 unspecified atom stereocenters. The van der Waals surface area contributed by atoms with Crippen molar-refractivity contribution in [1.29, 1.82) is 0 Å². The predicted octanol–water partition coefficient (Wildman–Crippen LogP) is 2.55. The molecular weight excluding hydrogens is 280 g/mol. The van der Waals surface area contributed by atoms with E-state index in [1.807, 2.05) is 18.2 Å². The van der Waals surface area contributed by atoms with Crippen LogP contribution in [0, 0.1) is 0 Å². The van der Waals surface area contributed by atoms with E-state index in [1.54, 1.807) is 13.2 Å². The van der Waals surface area contributed by atoms with Gasteiger partial charge in [0.2, 0.25) is 0 Å². The Hall–Kier alpha value is -1.56. The Kier molecular flexibility index (Phi) is 5.40. The van der Waals surface area contributed by atoms with Crippen LogP contribution in [0.1, 0.15) is 17.0 Å². The van der Waals surface area contributed by atoms with Crippen molar-refractivity contribution < 1.29 is 14.0 Å². The van der Waals surface area contributed by atoms with Crippen molar-refractivity contribution in [3.63, 3.8) is 0 Å². The standard InChI is InChI=1S/C14H17ClN2O3/c1-18-9-13-7-12(17-20-13)8-19-14-3-2-11(15)6-10(14)4-5-16/h2-3,6-7H,4-5,8-9,16H2,1H3. The highest BCUT2D eigenvalue weighted by Crippen LogP contribution is 2.24. The molecule has 0 amide bonds. The average Bonchev–Trinajstić information content (AvgIpc) is 2.86. The molecule has 1 aromatic heterocycles. The van der Waals surface area contributed by atoms with Crippen LogP contribution in [-0.2, 0) is 24.4 Å². The molecular formula is C14H17ClN2O3. The van der Waals surface area contributed by atoms with Gasteiger partial charge in [-0.15, -0.1) is 0 Å². The van der Waals surface area contributed by atoms with Gasteiger partial charge in [-0.3, -0.25) is 0 Å². The van der Waals surface area contributed by atoms with Gasteiger partial charge in [0.1, 0.15) is 24.7 Å². The van der Waals surface area contributed by atoms with E-state index >= 15 is 0 Å². The SMILES string of the molecule is COCc1cc(COc2ccc(Cl)cc2CCN)no1. The Morgan fingerprint density at radius 2 is 2.15 bits per heavy atom. The van der Waals surface area contributed by atoms with Gasteiger partial charge in [0.05, 0.1) is 0 Å². The summed E-state index contributed by atoms with van der Waals surface area (Å²) in [6.45, 7) is 1.26. The topological polar surface area (TPSA) is 70.5 Å². The monoisotopic (exact) mass is 296 g/mol. The van der Waals surface area contributed by atoms with E-state index in [0.29, 0.717) is 42.7 Å². The van der Waals surface area contributed by atoms with Crippen molar-refractivity contribution in [2.24, 2.45) is 5.73 Å². The molecule has 5 nitrogen and oxygen atoms in total. The molecule has 0 atom stereocenters. The van der Waals surface area contributed by atoms with Gasteiger partial charge < -0.3 is 19.7 Å². The van der Waals surface area contributed by atoms with Crippen LogP contribution in [0.5, 0.6) is 5.75 Å². The first kappa shape index (κ1) is 14.8. The molecule has 0 fully saturated rings. The zero-order valence-electron chi connectivity index (χ0n) is 11.3. The number of methoxy groups -OCH3 is 1. The summed E-state index contributed by atoms with van der Waals surface area (Å²) in [5, 5.41) is 4.58. The van der Waals surface area contributed by atoms with Crippen molar-refractivity contribution in [2.45, 2.75) is 19.6 Å². The van der Waals surface area contributed by atoms with Gasteiger partial charge in [-0.05, 0) is 36.7 Å². The number of halogens is 1. The van der Waals surface area contributed by atoms with E-state index in [-0.39, 0.29) is 0 Å². The maximum absolute atomic E-state index is 5.97. The lowest BCUT2D eigenvalue weighted by atomic mass is 10.1. The largest absolute Gasteiger partial charge is 0.487 e. The molecule has 6 heteroatoms. The first-order valence-electron chi connectivity index (χ1n) is 6.27. The molecule has 0 aliphatic carbocycles. The van der Waals surface area contributed by atoms with Crippen molar-refractivity contribution in [3.05, 3.63) is 46.3 Å². The van der Waals surface area contributed by atoms with Crippen LogP contribution < -0.4 is 10.5 Å². The third-order valence-corrected chi connectivity index (χ3v) is 2.94. The zero-order chi connectivity index (χ0) is 14.4. The fourth-order valence-electron chi connectivity index (χ4n) is 1.83. The van der Waals surface area contributed by atoms with Gasteiger partial charge in [-0.2, -0.15) is 0 Å². The van der Waals surface area contributed by atoms with Crippen molar-refractivity contribution >= 4 is 11.6 Å². The van der Waals surface area contributed by atoms with E-state index in [9.17, 15) is 0 Å². The van der Waals surface area contributed by atoms with E-state index in [0.717, 1.165) is 11.3 Å². The molecule has 2 rings (SSSR count). The maximum atomic E-state index is 5.97. The third-order valence-electron chi connectivity index (χ3n) is 2.71. The lowest BCUT2D eigenvalue weighted by molar-refractivity contribution is 0.155. The number of rotatable bonds is 7. The number of hydrogen-bond acceptors (Lipinski definition) is 5. The highest BCUT2D eigenvalue weighted by Gasteiger charge is 2.08. The van der Waals surface area contributed by atoms with Crippen LogP contribution in [0.25, 0.3) is 0 Å². The summed E-state index contributed by atoms with van der Waals surface area (Å²) in [6, 6.07) is 7.30. The molecule has 2 aromatic rings. The van der Waals surface area contributed by atoms with Crippen LogP contribution in [-0.4, -0.2) is 18.8 Å². The van der Waals surface area contributed by atoms with E-state index in [4.69, 9.17) is 31.3 Å². The van der Waals surface area contributed by atoms with Crippen molar-refractivity contribution in [2.75, 3.05) is 13.7 Å². The predicted molar refractivity (Wildman–Crippen MR) is 75.8 cm³/mol. The number of nitrogens with two attached hydrogens (primary N) is 1. The second-order valence-corrected chi connectivity index (χ2v) is 4.73. The average molecular weight is 297 g/mol. The minimum absolute atomic E-state index is 0.326. The minimum Gasteiger partial charge on any atom is -0.487 e. The number of nitrogens with zero attached hydrogens (tertiary/aromatic N) is 1. The van der Waals surface area contributed by atoms with E-state index in [1.165, 1.54) is 0 Å². The summed E-state index contributed by atoms with van der Waals surface area (Å²) in [5.74, 6) is 1.43. The zero-order valence-corrected chi connectivity index (χ0v) is 12.0. The van der Waals surface area contributed by atoms with Gasteiger partial charge in [-0.1, -0.05) is 16.8 Å². The minimum atomic E-state index is 0.326. The van der Waals surface area contributed by atoms with Crippen LogP contribution >= 0.6 is 11.6 Å². The molecule has 1 heterocycles. The molecule has 0 saturated heterocycles. The van der Waals surface area contributed by atoms with Crippen molar-refractivity contribution in [3.8, 4) is 5.75 Å². The van der Waals surface area contributed by atoms with Gasteiger partial charge in [-0.25, -0.2) is 0 Å². The summed E-state index contributed by atoms with van der Waals surface area (Å²) >= 11 is 5.97. The molecule has 0 radical (unpaired) electrons. The highest BCUT2D eigenvalue weighted by atomic mass is 35.5. The Bertz CT molecular complexity index is 557. The lowest BCUT2D eigenvalue weighted by Crippen LogP contribution is -2.05.